The molecule has 0 radical (unpaired) electrons. The van der Waals surface area contributed by atoms with Crippen LogP contribution in [0.2, 0.25) is 0 Å². The molecule has 0 aliphatic carbocycles. The first-order chi connectivity index (χ1) is 11.3. The van der Waals surface area contributed by atoms with E-state index in [9.17, 15) is 4.79 Å². The minimum absolute atomic E-state index is 0.0440. The Morgan fingerprint density at radius 2 is 2.04 bits per heavy atom. The van der Waals surface area contributed by atoms with Crippen LogP contribution < -0.4 is 0 Å². The smallest absolute Gasteiger partial charge is 0.410 e. The van der Waals surface area contributed by atoms with Crippen LogP contribution >= 0.6 is 22.6 Å². The molecule has 2 heterocycles. The molecule has 0 unspecified atom stereocenters. The summed E-state index contributed by atoms with van der Waals surface area (Å²) in [5.41, 5.74) is 1.48. The van der Waals surface area contributed by atoms with Gasteiger partial charge in [-0.3, -0.25) is 4.90 Å². The van der Waals surface area contributed by atoms with Gasteiger partial charge < -0.3 is 9.72 Å². The number of hydrogen-bond donors (Lipinski definition) is 1. The highest BCUT2D eigenvalue weighted by Gasteiger charge is 2.34. The number of amides is 1. The number of aromatic nitrogens is 2. The van der Waals surface area contributed by atoms with Gasteiger partial charge in [0.2, 0.25) is 0 Å². The van der Waals surface area contributed by atoms with E-state index < -0.39 is 5.60 Å². The summed E-state index contributed by atoms with van der Waals surface area (Å²) in [4.78, 5) is 22.2. The molecule has 1 fully saturated rings. The molecule has 1 aromatic heterocycles. The molecule has 1 saturated heterocycles. The summed E-state index contributed by atoms with van der Waals surface area (Å²) in [6.07, 6.45) is 3.50. The number of carbonyl (C=O) groups excluding carboxylic acids is 1. The third-order valence-electron chi connectivity index (χ3n) is 3.93. The molecule has 1 amide bonds. The Morgan fingerprint density at radius 1 is 1.33 bits per heavy atom. The number of benzene rings is 1. The van der Waals surface area contributed by atoms with Crippen molar-refractivity contribution < 1.29 is 9.53 Å². The molecule has 1 aliphatic heterocycles. The number of rotatable bonds is 2. The van der Waals surface area contributed by atoms with Gasteiger partial charge in [0.05, 0.1) is 11.7 Å². The molecule has 24 heavy (non-hydrogen) atoms. The lowest BCUT2D eigenvalue weighted by Gasteiger charge is -2.27. The van der Waals surface area contributed by atoms with Gasteiger partial charge in [0, 0.05) is 21.9 Å². The van der Waals surface area contributed by atoms with Gasteiger partial charge in [-0.2, -0.15) is 0 Å². The second-order valence-corrected chi connectivity index (χ2v) is 8.26. The van der Waals surface area contributed by atoms with E-state index in [-0.39, 0.29) is 12.1 Å². The molecule has 2 aromatic rings. The van der Waals surface area contributed by atoms with E-state index in [1.54, 1.807) is 4.90 Å². The van der Waals surface area contributed by atoms with Crippen molar-refractivity contribution in [3.05, 3.63) is 39.9 Å². The first-order valence-electron chi connectivity index (χ1n) is 8.14. The molecule has 0 bridgehead atoms. The predicted molar refractivity (Wildman–Crippen MR) is 102 cm³/mol. The lowest BCUT2D eigenvalue weighted by Crippen LogP contribution is -2.36. The van der Waals surface area contributed by atoms with E-state index in [1.807, 2.05) is 27.0 Å². The highest BCUT2D eigenvalue weighted by Crippen LogP contribution is 2.32. The third kappa shape index (κ3) is 3.91. The molecule has 1 atom stereocenters. The van der Waals surface area contributed by atoms with E-state index in [4.69, 9.17) is 9.72 Å². The summed E-state index contributed by atoms with van der Waals surface area (Å²) >= 11 is 2.29. The number of imidazole rings is 1. The SMILES string of the molecule is CC(C)(C)OC(=O)N1CCC[C@H]1c1nc(-c2ccc(I)cc2)c[nH]1. The number of aromatic amines is 1. The topological polar surface area (TPSA) is 58.2 Å². The molecular formula is C18H22IN3O2. The number of ether oxygens (including phenoxy) is 1. The van der Waals surface area contributed by atoms with Gasteiger partial charge in [-0.15, -0.1) is 0 Å². The number of nitrogens with zero attached hydrogens (tertiary/aromatic N) is 2. The summed E-state index contributed by atoms with van der Waals surface area (Å²) in [6.45, 7) is 6.37. The number of nitrogens with one attached hydrogen (secondary N) is 1. The van der Waals surface area contributed by atoms with Crippen molar-refractivity contribution in [3.63, 3.8) is 0 Å². The second-order valence-electron chi connectivity index (χ2n) is 7.01. The highest BCUT2D eigenvalue weighted by molar-refractivity contribution is 14.1. The van der Waals surface area contributed by atoms with Crippen LogP contribution in [0.4, 0.5) is 4.79 Å². The Bertz CT molecular complexity index is 719. The van der Waals surface area contributed by atoms with Gasteiger partial charge in [0.25, 0.3) is 0 Å². The Hall–Kier alpha value is -1.57. The predicted octanol–water partition coefficient (Wildman–Crippen LogP) is 4.75. The van der Waals surface area contributed by atoms with E-state index in [0.29, 0.717) is 6.54 Å². The molecule has 6 heteroatoms. The molecule has 0 spiro atoms. The normalized spacial score (nSPS) is 18.0. The summed E-state index contributed by atoms with van der Waals surface area (Å²) < 4.78 is 6.72. The van der Waals surface area contributed by atoms with E-state index >= 15 is 0 Å². The number of carbonyl (C=O) groups is 1. The quantitative estimate of drug-likeness (QED) is 0.687. The van der Waals surface area contributed by atoms with Crippen LogP contribution in [0.25, 0.3) is 11.3 Å². The maximum Gasteiger partial charge on any atom is 0.410 e. The van der Waals surface area contributed by atoms with E-state index in [1.165, 1.54) is 3.57 Å². The maximum atomic E-state index is 12.4. The first-order valence-corrected chi connectivity index (χ1v) is 9.22. The number of hydrogen-bond acceptors (Lipinski definition) is 3. The standard InChI is InChI=1S/C18H22IN3O2/c1-18(2,3)24-17(23)22-10-4-5-15(22)16-20-11-14(21-16)12-6-8-13(19)9-7-12/h6-9,11,15H,4-5,10H2,1-3H3,(H,20,21)/t15-/m0/s1. The fourth-order valence-electron chi connectivity index (χ4n) is 2.87. The molecular weight excluding hydrogens is 417 g/mol. The largest absolute Gasteiger partial charge is 0.444 e. The minimum Gasteiger partial charge on any atom is -0.444 e. The van der Waals surface area contributed by atoms with Gasteiger partial charge in [-0.05, 0) is 68.3 Å². The highest BCUT2D eigenvalue weighted by atomic mass is 127. The van der Waals surface area contributed by atoms with Crippen LogP contribution in [-0.4, -0.2) is 33.1 Å². The maximum absolute atomic E-state index is 12.4. The van der Waals surface area contributed by atoms with Crippen molar-refractivity contribution in [1.29, 1.82) is 0 Å². The summed E-state index contributed by atoms with van der Waals surface area (Å²) in [5, 5.41) is 0. The summed E-state index contributed by atoms with van der Waals surface area (Å²) in [6, 6.07) is 8.20. The fourth-order valence-corrected chi connectivity index (χ4v) is 3.23. The number of H-pyrrole nitrogens is 1. The van der Waals surface area contributed by atoms with Crippen LogP contribution in [0.15, 0.2) is 30.5 Å². The summed E-state index contributed by atoms with van der Waals surface area (Å²) in [5.74, 6) is 0.826. The fraction of sp³-hybridized carbons (Fsp3) is 0.444. The van der Waals surface area contributed by atoms with Gasteiger partial charge in [0.1, 0.15) is 11.4 Å². The van der Waals surface area contributed by atoms with Gasteiger partial charge in [-0.1, -0.05) is 12.1 Å². The van der Waals surface area contributed by atoms with Gasteiger partial charge in [-0.25, -0.2) is 9.78 Å². The zero-order chi connectivity index (χ0) is 17.3. The van der Waals surface area contributed by atoms with Crippen LogP contribution in [-0.2, 0) is 4.74 Å². The van der Waals surface area contributed by atoms with E-state index in [2.05, 4.69) is 51.8 Å². The van der Waals surface area contributed by atoms with Crippen molar-refractivity contribution in [3.8, 4) is 11.3 Å². The molecule has 5 nitrogen and oxygen atoms in total. The van der Waals surface area contributed by atoms with Crippen LogP contribution in [0.1, 0.15) is 45.5 Å². The molecule has 1 N–H and O–H groups in total. The molecule has 3 rings (SSSR count). The molecule has 1 aromatic carbocycles. The van der Waals surface area contributed by atoms with Crippen molar-refractivity contribution >= 4 is 28.7 Å². The Labute approximate surface area is 155 Å². The zero-order valence-electron chi connectivity index (χ0n) is 14.2. The van der Waals surface area contributed by atoms with Gasteiger partial charge >= 0.3 is 6.09 Å². The Kier molecular flexibility index (Phi) is 4.85. The average molecular weight is 439 g/mol. The van der Waals surface area contributed by atoms with Crippen molar-refractivity contribution in [2.45, 2.75) is 45.3 Å². The molecule has 128 valence electrons. The van der Waals surface area contributed by atoms with Crippen molar-refractivity contribution in [1.82, 2.24) is 14.9 Å². The number of likely N-dealkylation sites (tertiary alicyclic amines) is 1. The Balaban J connectivity index is 1.78. The molecule has 1 aliphatic rings. The van der Waals surface area contributed by atoms with Crippen molar-refractivity contribution in [2.24, 2.45) is 0 Å². The first kappa shape index (κ1) is 17.3. The van der Waals surface area contributed by atoms with Crippen LogP contribution in [0.3, 0.4) is 0 Å². The lowest BCUT2D eigenvalue weighted by molar-refractivity contribution is 0.0219. The lowest BCUT2D eigenvalue weighted by atomic mass is 10.2. The second kappa shape index (κ2) is 6.74. The van der Waals surface area contributed by atoms with Crippen molar-refractivity contribution in [2.75, 3.05) is 6.54 Å². The van der Waals surface area contributed by atoms with Crippen LogP contribution in [0, 0.1) is 3.57 Å². The monoisotopic (exact) mass is 439 g/mol. The van der Waals surface area contributed by atoms with Gasteiger partial charge in [0.15, 0.2) is 0 Å². The third-order valence-corrected chi connectivity index (χ3v) is 4.65. The molecule has 0 saturated carbocycles. The minimum atomic E-state index is -0.486. The van der Waals surface area contributed by atoms with Crippen LogP contribution in [0.5, 0.6) is 0 Å². The number of halogens is 1. The summed E-state index contributed by atoms with van der Waals surface area (Å²) in [7, 11) is 0. The Morgan fingerprint density at radius 3 is 2.71 bits per heavy atom. The zero-order valence-corrected chi connectivity index (χ0v) is 16.3. The van der Waals surface area contributed by atoms with E-state index in [0.717, 1.165) is 29.9 Å². The average Bonchev–Trinajstić information content (AvgIpc) is 3.15.